The topological polar surface area (TPSA) is 53.7 Å². The number of nitrogens with zero attached hydrogens (tertiary/aromatic N) is 1. The zero-order valence-corrected chi connectivity index (χ0v) is 11.1. The van der Waals surface area contributed by atoms with Crippen LogP contribution in [0.4, 0.5) is 5.88 Å². The summed E-state index contributed by atoms with van der Waals surface area (Å²) < 4.78 is 5.30. The smallest absolute Gasteiger partial charge is 0.371 e. The van der Waals surface area contributed by atoms with E-state index in [-0.39, 0.29) is 11.2 Å². The second kappa shape index (κ2) is 4.52. The SMILES string of the molecule is CC(C)(C)C1=CCN(c2ccc(C(=O)O)o2)CC1. The van der Waals surface area contributed by atoms with E-state index in [2.05, 4.69) is 31.7 Å². The number of carboxylic acid groups (broad SMARTS) is 1. The number of aromatic carboxylic acids is 1. The number of hydrogen-bond donors (Lipinski definition) is 1. The van der Waals surface area contributed by atoms with Crippen molar-refractivity contribution in [1.29, 1.82) is 0 Å². The Morgan fingerprint density at radius 3 is 2.56 bits per heavy atom. The molecule has 0 bridgehead atoms. The predicted molar refractivity (Wildman–Crippen MR) is 70.0 cm³/mol. The molecule has 2 rings (SSSR count). The predicted octanol–water partition coefficient (Wildman–Crippen LogP) is 3.16. The fourth-order valence-electron chi connectivity index (χ4n) is 2.16. The van der Waals surface area contributed by atoms with Crippen LogP contribution >= 0.6 is 0 Å². The number of carboxylic acids is 1. The molecule has 0 radical (unpaired) electrons. The van der Waals surface area contributed by atoms with Crippen LogP contribution in [0, 0.1) is 5.41 Å². The molecule has 0 spiro atoms. The van der Waals surface area contributed by atoms with Crippen molar-refractivity contribution >= 4 is 11.9 Å². The molecule has 18 heavy (non-hydrogen) atoms. The van der Waals surface area contributed by atoms with Crippen LogP contribution in [-0.2, 0) is 0 Å². The number of anilines is 1. The van der Waals surface area contributed by atoms with E-state index in [1.807, 2.05) is 0 Å². The van der Waals surface area contributed by atoms with E-state index in [4.69, 9.17) is 9.52 Å². The normalized spacial score (nSPS) is 16.6. The monoisotopic (exact) mass is 249 g/mol. The van der Waals surface area contributed by atoms with Crippen molar-refractivity contribution in [3.63, 3.8) is 0 Å². The first-order valence-corrected chi connectivity index (χ1v) is 6.15. The Bertz CT molecular complexity index is 479. The van der Waals surface area contributed by atoms with Crippen molar-refractivity contribution in [1.82, 2.24) is 0 Å². The van der Waals surface area contributed by atoms with Gasteiger partial charge in [0.2, 0.25) is 5.76 Å². The summed E-state index contributed by atoms with van der Waals surface area (Å²) in [5.74, 6) is -0.392. The van der Waals surface area contributed by atoms with Gasteiger partial charge < -0.3 is 14.4 Å². The maximum absolute atomic E-state index is 10.8. The highest BCUT2D eigenvalue weighted by Crippen LogP contribution is 2.31. The lowest BCUT2D eigenvalue weighted by atomic mass is 9.83. The molecule has 4 nitrogen and oxygen atoms in total. The fourth-order valence-corrected chi connectivity index (χ4v) is 2.16. The van der Waals surface area contributed by atoms with Gasteiger partial charge in [0.05, 0.1) is 0 Å². The van der Waals surface area contributed by atoms with Crippen molar-refractivity contribution in [3.05, 3.63) is 29.5 Å². The van der Waals surface area contributed by atoms with Crippen molar-refractivity contribution in [2.24, 2.45) is 5.41 Å². The third-order valence-corrected chi connectivity index (χ3v) is 3.29. The van der Waals surface area contributed by atoms with E-state index in [9.17, 15) is 4.79 Å². The fraction of sp³-hybridized carbons (Fsp3) is 0.500. The minimum atomic E-state index is -1.02. The molecule has 1 aromatic rings. The summed E-state index contributed by atoms with van der Waals surface area (Å²) >= 11 is 0. The zero-order valence-electron chi connectivity index (χ0n) is 11.1. The molecule has 1 aromatic heterocycles. The lowest BCUT2D eigenvalue weighted by Crippen LogP contribution is -2.30. The summed E-state index contributed by atoms with van der Waals surface area (Å²) in [7, 11) is 0. The average Bonchev–Trinajstić information content (AvgIpc) is 2.77. The van der Waals surface area contributed by atoms with Gasteiger partial charge in [-0.1, -0.05) is 32.4 Å². The Hall–Kier alpha value is -1.71. The lowest BCUT2D eigenvalue weighted by Gasteiger charge is -2.31. The van der Waals surface area contributed by atoms with Crippen LogP contribution in [0.5, 0.6) is 0 Å². The summed E-state index contributed by atoms with van der Waals surface area (Å²) in [4.78, 5) is 12.8. The first kappa shape index (κ1) is 12.7. The molecular formula is C14H19NO3. The van der Waals surface area contributed by atoms with Crippen molar-refractivity contribution in [2.75, 3.05) is 18.0 Å². The highest BCUT2D eigenvalue weighted by Gasteiger charge is 2.23. The van der Waals surface area contributed by atoms with E-state index in [1.54, 1.807) is 6.07 Å². The standard InChI is InChI=1S/C14H19NO3/c1-14(2,3)10-6-8-15(9-7-10)12-5-4-11(18-12)13(16)17/h4-6H,7-9H2,1-3H3,(H,16,17). The molecule has 0 aliphatic carbocycles. The summed E-state index contributed by atoms with van der Waals surface area (Å²) in [6.45, 7) is 8.28. The minimum Gasteiger partial charge on any atom is -0.475 e. The van der Waals surface area contributed by atoms with Crippen LogP contribution < -0.4 is 4.90 Å². The molecule has 98 valence electrons. The van der Waals surface area contributed by atoms with Crippen molar-refractivity contribution < 1.29 is 14.3 Å². The van der Waals surface area contributed by atoms with Crippen molar-refractivity contribution in [3.8, 4) is 0 Å². The first-order valence-electron chi connectivity index (χ1n) is 6.15. The van der Waals surface area contributed by atoms with Gasteiger partial charge >= 0.3 is 5.97 Å². The molecule has 0 fully saturated rings. The number of hydrogen-bond acceptors (Lipinski definition) is 3. The summed E-state index contributed by atoms with van der Waals surface area (Å²) in [6.07, 6.45) is 3.21. The average molecular weight is 249 g/mol. The molecular weight excluding hydrogens is 230 g/mol. The van der Waals surface area contributed by atoms with E-state index in [0.29, 0.717) is 5.88 Å². The molecule has 0 atom stereocenters. The molecule has 4 heteroatoms. The van der Waals surface area contributed by atoms with Crippen LogP contribution in [0.15, 0.2) is 28.2 Å². The molecule has 1 aliphatic heterocycles. The Morgan fingerprint density at radius 2 is 2.11 bits per heavy atom. The maximum Gasteiger partial charge on any atom is 0.371 e. The van der Waals surface area contributed by atoms with Gasteiger partial charge in [-0.3, -0.25) is 0 Å². The van der Waals surface area contributed by atoms with Gasteiger partial charge in [-0.15, -0.1) is 0 Å². The molecule has 0 aromatic carbocycles. The summed E-state index contributed by atoms with van der Waals surface area (Å²) in [6, 6.07) is 3.22. The molecule has 0 saturated heterocycles. The molecule has 2 heterocycles. The van der Waals surface area contributed by atoms with Gasteiger partial charge in [0.15, 0.2) is 5.88 Å². The Labute approximate surface area is 107 Å². The largest absolute Gasteiger partial charge is 0.475 e. The van der Waals surface area contributed by atoms with E-state index in [1.165, 1.54) is 11.6 Å². The lowest BCUT2D eigenvalue weighted by molar-refractivity contribution is 0.0663. The Morgan fingerprint density at radius 1 is 1.39 bits per heavy atom. The Balaban J connectivity index is 2.09. The summed E-state index contributed by atoms with van der Waals surface area (Å²) in [5.41, 5.74) is 1.66. The number of furan rings is 1. The van der Waals surface area contributed by atoms with Gasteiger partial charge in [-0.25, -0.2) is 4.79 Å². The summed E-state index contributed by atoms with van der Waals surface area (Å²) in [5, 5.41) is 8.82. The van der Waals surface area contributed by atoms with E-state index in [0.717, 1.165) is 19.5 Å². The van der Waals surface area contributed by atoms with Gasteiger partial charge in [0.25, 0.3) is 0 Å². The van der Waals surface area contributed by atoms with Crippen LogP contribution in [0.25, 0.3) is 0 Å². The highest BCUT2D eigenvalue weighted by atomic mass is 16.4. The van der Waals surface area contributed by atoms with Crippen LogP contribution in [0.2, 0.25) is 0 Å². The van der Waals surface area contributed by atoms with Crippen molar-refractivity contribution in [2.45, 2.75) is 27.2 Å². The molecule has 0 amide bonds. The molecule has 0 saturated carbocycles. The van der Waals surface area contributed by atoms with Gasteiger partial charge in [-0.05, 0) is 17.9 Å². The number of rotatable bonds is 2. The first-order chi connectivity index (χ1) is 8.38. The van der Waals surface area contributed by atoms with Gasteiger partial charge in [0.1, 0.15) is 0 Å². The van der Waals surface area contributed by atoms with Crippen LogP contribution in [0.3, 0.4) is 0 Å². The van der Waals surface area contributed by atoms with Crippen LogP contribution in [0.1, 0.15) is 37.7 Å². The van der Waals surface area contributed by atoms with Gasteiger partial charge in [-0.2, -0.15) is 0 Å². The number of carbonyl (C=O) groups is 1. The quantitative estimate of drug-likeness (QED) is 0.818. The van der Waals surface area contributed by atoms with Crippen LogP contribution in [-0.4, -0.2) is 24.2 Å². The zero-order chi connectivity index (χ0) is 13.3. The Kier molecular flexibility index (Phi) is 3.20. The molecule has 1 N–H and O–H groups in total. The second-order valence-electron chi connectivity index (χ2n) is 5.62. The molecule has 0 unspecified atom stereocenters. The maximum atomic E-state index is 10.8. The van der Waals surface area contributed by atoms with Gasteiger partial charge in [0, 0.05) is 19.2 Å². The minimum absolute atomic E-state index is 0.00408. The second-order valence-corrected chi connectivity index (χ2v) is 5.62. The highest BCUT2D eigenvalue weighted by molar-refractivity contribution is 5.84. The molecule has 1 aliphatic rings. The third kappa shape index (κ3) is 2.58. The third-order valence-electron chi connectivity index (χ3n) is 3.29. The van der Waals surface area contributed by atoms with E-state index >= 15 is 0 Å². The van der Waals surface area contributed by atoms with E-state index < -0.39 is 5.97 Å².